The molecule has 3 rings (SSSR count). The Balaban J connectivity index is 1.88. The zero-order chi connectivity index (χ0) is 20.8. The number of hydrogen-bond donors (Lipinski definition) is 1. The number of halogens is 1. The summed E-state index contributed by atoms with van der Waals surface area (Å²) < 4.78 is 0. The highest BCUT2D eigenvalue weighted by Crippen LogP contribution is 2.34. The van der Waals surface area contributed by atoms with Crippen LogP contribution in [-0.2, 0) is 4.79 Å². The topological polar surface area (TPSA) is 70.0 Å². The van der Waals surface area contributed by atoms with E-state index in [0.717, 1.165) is 5.56 Å². The molecule has 0 spiro atoms. The molecule has 2 aromatic carbocycles. The standard InChI is InChI=1S/C22H17ClN2O3S/c1-2-12-25-20(26)19(14-17(23)13-15-6-4-3-5-7-15)29-22(25)24-18-10-8-16(9-11-18)21(27)28/h2-11,13-14H,1,12H2,(H,27,28)/b17-13-,19-14-,24-22?. The number of carboxylic acid groups (broad SMARTS) is 1. The van der Waals surface area contributed by atoms with Crippen LogP contribution in [0.25, 0.3) is 6.08 Å². The molecule has 5 nitrogen and oxygen atoms in total. The van der Waals surface area contributed by atoms with Gasteiger partial charge in [0.15, 0.2) is 5.17 Å². The number of benzene rings is 2. The second-order valence-electron chi connectivity index (χ2n) is 6.00. The Kier molecular flexibility index (Phi) is 6.69. The fraction of sp³-hybridized carbons (Fsp3) is 0.0455. The molecule has 7 heteroatoms. The van der Waals surface area contributed by atoms with Gasteiger partial charge < -0.3 is 5.11 Å². The Morgan fingerprint density at radius 2 is 1.86 bits per heavy atom. The summed E-state index contributed by atoms with van der Waals surface area (Å²) in [4.78, 5) is 30.2. The molecule has 0 atom stereocenters. The molecule has 1 heterocycles. The minimum Gasteiger partial charge on any atom is -0.478 e. The molecule has 0 aromatic heterocycles. The monoisotopic (exact) mass is 424 g/mol. The van der Waals surface area contributed by atoms with Crippen LogP contribution in [0, 0.1) is 0 Å². The third-order valence-corrected chi connectivity index (χ3v) is 5.14. The van der Waals surface area contributed by atoms with E-state index in [4.69, 9.17) is 16.7 Å². The summed E-state index contributed by atoms with van der Waals surface area (Å²) in [5, 5.41) is 9.91. The van der Waals surface area contributed by atoms with Crippen molar-refractivity contribution in [1.29, 1.82) is 0 Å². The summed E-state index contributed by atoms with van der Waals surface area (Å²) >= 11 is 7.53. The van der Waals surface area contributed by atoms with Gasteiger partial charge in [-0.15, -0.1) is 6.58 Å². The first kappa shape index (κ1) is 20.6. The lowest BCUT2D eigenvalue weighted by Crippen LogP contribution is -2.29. The van der Waals surface area contributed by atoms with Gasteiger partial charge in [0.05, 0.1) is 16.2 Å². The minimum absolute atomic E-state index is 0.172. The van der Waals surface area contributed by atoms with Crippen molar-refractivity contribution in [1.82, 2.24) is 4.90 Å². The van der Waals surface area contributed by atoms with E-state index in [1.165, 1.54) is 28.8 Å². The molecule has 0 saturated carbocycles. The predicted octanol–water partition coefficient (Wildman–Crippen LogP) is 5.30. The summed E-state index contributed by atoms with van der Waals surface area (Å²) in [7, 11) is 0. The summed E-state index contributed by atoms with van der Waals surface area (Å²) in [5.74, 6) is -1.22. The van der Waals surface area contributed by atoms with Crippen molar-refractivity contribution >= 4 is 52.2 Å². The van der Waals surface area contributed by atoms with Gasteiger partial charge in [0.2, 0.25) is 0 Å². The fourth-order valence-corrected chi connectivity index (χ4v) is 3.84. The predicted molar refractivity (Wildman–Crippen MR) is 118 cm³/mol. The van der Waals surface area contributed by atoms with Gasteiger partial charge in [0.25, 0.3) is 5.91 Å². The van der Waals surface area contributed by atoms with Crippen molar-refractivity contribution in [2.75, 3.05) is 6.54 Å². The van der Waals surface area contributed by atoms with Gasteiger partial charge in [-0.05, 0) is 53.7 Å². The number of carboxylic acids is 1. The molecule has 29 heavy (non-hydrogen) atoms. The number of amides is 1. The van der Waals surface area contributed by atoms with Crippen LogP contribution in [0.3, 0.4) is 0 Å². The molecular weight excluding hydrogens is 408 g/mol. The van der Waals surface area contributed by atoms with Gasteiger partial charge in [-0.3, -0.25) is 9.69 Å². The van der Waals surface area contributed by atoms with Crippen molar-refractivity contribution in [3.63, 3.8) is 0 Å². The van der Waals surface area contributed by atoms with Crippen LogP contribution in [-0.4, -0.2) is 33.6 Å². The van der Waals surface area contributed by atoms with Crippen LogP contribution >= 0.6 is 23.4 Å². The van der Waals surface area contributed by atoms with Crippen molar-refractivity contribution in [3.05, 3.63) is 94.4 Å². The Bertz CT molecular complexity index is 1030. The molecule has 2 aromatic rings. The lowest BCUT2D eigenvalue weighted by Gasteiger charge is -2.12. The minimum atomic E-state index is -1.01. The number of aliphatic imine (C=N–C) groups is 1. The van der Waals surface area contributed by atoms with Gasteiger partial charge >= 0.3 is 5.97 Å². The van der Waals surface area contributed by atoms with Crippen molar-refractivity contribution in [2.45, 2.75) is 0 Å². The third-order valence-electron chi connectivity index (χ3n) is 3.91. The van der Waals surface area contributed by atoms with E-state index in [2.05, 4.69) is 11.6 Å². The second-order valence-corrected chi connectivity index (χ2v) is 7.45. The number of aromatic carboxylic acids is 1. The van der Waals surface area contributed by atoms with E-state index in [1.807, 2.05) is 30.3 Å². The number of carbonyl (C=O) groups excluding carboxylic acids is 1. The largest absolute Gasteiger partial charge is 0.478 e. The van der Waals surface area contributed by atoms with Crippen molar-refractivity contribution in [2.24, 2.45) is 4.99 Å². The fourth-order valence-electron chi connectivity index (χ4n) is 2.55. The van der Waals surface area contributed by atoms with Crippen LogP contribution in [0.2, 0.25) is 0 Å². The Hall–Kier alpha value is -3.09. The maximum absolute atomic E-state index is 12.8. The molecule has 1 fully saturated rings. The van der Waals surface area contributed by atoms with E-state index in [-0.39, 0.29) is 11.5 Å². The van der Waals surface area contributed by atoms with E-state index >= 15 is 0 Å². The SMILES string of the molecule is C=CCN1C(=O)/C(=C/C(Cl)=C/c2ccccc2)SC1=Nc1ccc(C(=O)O)cc1. The van der Waals surface area contributed by atoms with Gasteiger partial charge in [0, 0.05) is 11.6 Å². The number of amidine groups is 1. The molecule has 1 amide bonds. The Morgan fingerprint density at radius 1 is 1.17 bits per heavy atom. The highest BCUT2D eigenvalue weighted by molar-refractivity contribution is 8.18. The summed E-state index contributed by atoms with van der Waals surface area (Å²) in [6.07, 6.45) is 5.01. The number of rotatable bonds is 6. The third kappa shape index (κ3) is 5.25. The van der Waals surface area contributed by atoms with Gasteiger partial charge in [-0.1, -0.05) is 48.0 Å². The summed E-state index contributed by atoms with van der Waals surface area (Å²) in [6.45, 7) is 3.99. The van der Waals surface area contributed by atoms with Gasteiger partial charge in [-0.2, -0.15) is 0 Å². The quantitative estimate of drug-likeness (QED) is 0.504. The van der Waals surface area contributed by atoms with Crippen LogP contribution < -0.4 is 0 Å². The highest BCUT2D eigenvalue weighted by atomic mass is 35.5. The molecule has 1 N–H and O–H groups in total. The normalized spacial score (nSPS) is 17.2. The molecule has 0 unspecified atom stereocenters. The molecule has 1 saturated heterocycles. The molecule has 0 aliphatic carbocycles. The molecule has 0 radical (unpaired) electrons. The van der Waals surface area contributed by atoms with Gasteiger partial charge in [-0.25, -0.2) is 9.79 Å². The van der Waals surface area contributed by atoms with Crippen LogP contribution in [0.1, 0.15) is 15.9 Å². The highest BCUT2D eigenvalue weighted by Gasteiger charge is 2.32. The zero-order valence-corrected chi connectivity index (χ0v) is 16.9. The maximum atomic E-state index is 12.8. The number of carbonyl (C=O) groups is 2. The molecular formula is C22H17ClN2O3S. The average molecular weight is 425 g/mol. The molecule has 146 valence electrons. The van der Waals surface area contributed by atoms with E-state index in [1.54, 1.807) is 30.4 Å². The number of allylic oxidation sites excluding steroid dienone is 2. The lowest BCUT2D eigenvalue weighted by molar-refractivity contribution is -0.121. The summed E-state index contributed by atoms with van der Waals surface area (Å²) in [6, 6.07) is 15.7. The Morgan fingerprint density at radius 3 is 2.48 bits per heavy atom. The average Bonchev–Trinajstić information content (AvgIpc) is 2.98. The van der Waals surface area contributed by atoms with Crippen molar-refractivity contribution in [3.8, 4) is 0 Å². The number of thioether (sulfide) groups is 1. The maximum Gasteiger partial charge on any atom is 0.335 e. The molecule has 1 aliphatic heterocycles. The van der Waals surface area contributed by atoms with Crippen LogP contribution in [0.15, 0.2) is 88.3 Å². The van der Waals surface area contributed by atoms with Crippen LogP contribution in [0.4, 0.5) is 5.69 Å². The van der Waals surface area contributed by atoms with E-state index in [9.17, 15) is 9.59 Å². The van der Waals surface area contributed by atoms with Crippen molar-refractivity contribution < 1.29 is 14.7 Å². The van der Waals surface area contributed by atoms with E-state index in [0.29, 0.717) is 27.3 Å². The van der Waals surface area contributed by atoms with Gasteiger partial charge in [0.1, 0.15) is 0 Å². The molecule has 0 bridgehead atoms. The smallest absolute Gasteiger partial charge is 0.335 e. The second kappa shape index (κ2) is 9.41. The molecule has 1 aliphatic rings. The first-order chi connectivity index (χ1) is 14.0. The zero-order valence-electron chi connectivity index (χ0n) is 15.3. The van der Waals surface area contributed by atoms with Crippen LogP contribution in [0.5, 0.6) is 0 Å². The number of hydrogen-bond acceptors (Lipinski definition) is 4. The van der Waals surface area contributed by atoms with E-state index < -0.39 is 5.97 Å². The Labute approximate surface area is 177 Å². The lowest BCUT2D eigenvalue weighted by atomic mass is 10.2. The summed E-state index contributed by atoms with van der Waals surface area (Å²) in [5.41, 5.74) is 1.65. The first-order valence-electron chi connectivity index (χ1n) is 8.64. The first-order valence-corrected chi connectivity index (χ1v) is 9.84. The number of nitrogens with zero attached hydrogens (tertiary/aromatic N) is 2.